The van der Waals surface area contributed by atoms with Gasteiger partial charge < -0.3 is 10.5 Å². The number of nitro groups is 1. The van der Waals surface area contributed by atoms with Crippen LogP contribution < -0.4 is 10.5 Å². The Morgan fingerprint density at radius 1 is 1.15 bits per heavy atom. The van der Waals surface area contributed by atoms with Crippen molar-refractivity contribution in [3.8, 4) is 5.75 Å². The van der Waals surface area contributed by atoms with Crippen molar-refractivity contribution in [3.05, 3.63) is 62.1 Å². The number of hydrogen-bond acceptors (Lipinski definition) is 4. The van der Waals surface area contributed by atoms with Crippen LogP contribution in [0.15, 0.2) is 36.4 Å². The molecule has 2 aromatic rings. The molecule has 20 heavy (non-hydrogen) atoms. The summed E-state index contributed by atoms with van der Waals surface area (Å²) in [6.07, 6.45) is 0. The van der Waals surface area contributed by atoms with Crippen LogP contribution in [0.25, 0.3) is 0 Å². The third-order valence-corrected chi connectivity index (χ3v) is 3.00. The van der Waals surface area contributed by atoms with Gasteiger partial charge >= 0.3 is 0 Å². The first-order chi connectivity index (χ1) is 9.45. The average molecular weight is 313 g/mol. The molecule has 5 nitrogen and oxygen atoms in total. The first-order valence-electron chi connectivity index (χ1n) is 5.57. The van der Waals surface area contributed by atoms with Crippen molar-refractivity contribution in [1.82, 2.24) is 0 Å². The number of rotatable bonds is 4. The minimum Gasteiger partial charge on any atom is -0.489 e. The zero-order valence-electron chi connectivity index (χ0n) is 10.2. The number of nitrogens with zero attached hydrogens (tertiary/aromatic N) is 1. The van der Waals surface area contributed by atoms with Crippen molar-refractivity contribution in [2.75, 3.05) is 5.73 Å². The molecule has 0 aliphatic heterocycles. The number of hydrogen-bond donors (Lipinski definition) is 1. The number of anilines is 1. The molecule has 0 saturated heterocycles. The smallest absolute Gasteiger partial charge is 0.269 e. The molecule has 0 atom stereocenters. The van der Waals surface area contributed by atoms with Crippen molar-refractivity contribution in [2.45, 2.75) is 6.61 Å². The molecule has 0 aliphatic rings. The predicted molar refractivity (Wildman–Crippen MR) is 78.3 cm³/mol. The molecule has 0 aliphatic carbocycles. The molecule has 0 spiro atoms. The van der Waals surface area contributed by atoms with Crippen molar-refractivity contribution in [2.24, 2.45) is 0 Å². The number of benzene rings is 2. The zero-order valence-corrected chi connectivity index (χ0v) is 11.7. The monoisotopic (exact) mass is 312 g/mol. The van der Waals surface area contributed by atoms with E-state index >= 15 is 0 Å². The van der Waals surface area contributed by atoms with Gasteiger partial charge in [-0.05, 0) is 24.3 Å². The Labute approximate surface area is 125 Å². The Balaban J connectivity index is 2.18. The van der Waals surface area contributed by atoms with Crippen LogP contribution in [0.1, 0.15) is 5.56 Å². The molecule has 104 valence electrons. The first kappa shape index (κ1) is 14.4. The molecule has 0 heterocycles. The summed E-state index contributed by atoms with van der Waals surface area (Å²) >= 11 is 11.7. The summed E-state index contributed by atoms with van der Waals surface area (Å²) in [6.45, 7) is 0.0875. The molecule has 2 rings (SSSR count). The number of nitrogen functional groups attached to an aromatic ring is 1. The van der Waals surface area contributed by atoms with Gasteiger partial charge in [0.25, 0.3) is 5.69 Å². The minimum absolute atomic E-state index is 0.0399. The van der Waals surface area contributed by atoms with Crippen LogP contribution in [0.3, 0.4) is 0 Å². The largest absolute Gasteiger partial charge is 0.489 e. The van der Waals surface area contributed by atoms with Gasteiger partial charge in [-0.1, -0.05) is 23.2 Å². The average Bonchev–Trinajstić information content (AvgIpc) is 2.36. The van der Waals surface area contributed by atoms with Gasteiger partial charge in [-0.3, -0.25) is 10.1 Å². The minimum atomic E-state index is -0.487. The molecule has 2 aromatic carbocycles. The van der Waals surface area contributed by atoms with Gasteiger partial charge in [-0.25, -0.2) is 0 Å². The van der Waals surface area contributed by atoms with E-state index in [2.05, 4.69) is 0 Å². The Kier molecular flexibility index (Phi) is 4.32. The van der Waals surface area contributed by atoms with E-state index in [0.29, 0.717) is 27.0 Å². The van der Waals surface area contributed by atoms with Gasteiger partial charge in [-0.2, -0.15) is 0 Å². The van der Waals surface area contributed by atoms with Crippen molar-refractivity contribution >= 4 is 34.6 Å². The molecule has 0 fully saturated rings. The van der Waals surface area contributed by atoms with E-state index in [1.807, 2.05) is 0 Å². The third-order valence-electron chi connectivity index (χ3n) is 2.57. The molecule has 7 heteroatoms. The first-order valence-corrected chi connectivity index (χ1v) is 6.33. The molecular weight excluding hydrogens is 303 g/mol. The van der Waals surface area contributed by atoms with Gasteiger partial charge in [0, 0.05) is 33.4 Å². The van der Waals surface area contributed by atoms with E-state index in [4.69, 9.17) is 33.7 Å². The summed E-state index contributed by atoms with van der Waals surface area (Å²) in [6, 6.07) is 8.97. The summed E-state index contributed by atoms with van der Waals surface area (Å²) < 4.78 is 5.50. The predicted octanol–water partition coefficient (Wildman–Crippen LogP) is 4.06. The summed E-state index contributed by atoms with van der Waals surface area (Å²) in [4.78, 5) is 10.2. The number of halogens is 2. The van der Waals surface area contributed by atoms with Gasteiger partial charge in [0.15, 0.2) is 0 Å². The van der Waals surface area contributed by atoms with Gasteiger partial charge in [0.2, 0.25) is 0 Å². The lowest BCUT2D eigenvalue weighted by atomic mass is 10.1. The highest BCUT2D eigenvalue weighted by Crippen LogP contribution is 2.26. The van der Waals surface area contributed by atoms with E-state index < -0.39 is 4.92 Å². The number of nitro benzene ring substituents is 1. The highest BCUT2D eigenvalue weighted by Gasteiger charge is 2.10. The molecule has 0 unspecified atom stereocenters. The molecule has 0 saturated carbocycles. The third kappa shape index (κ3) is 3.53. The Bertz CT molecular complexity index is 642. The van der Waals surface area contributed by atoms with Crippen LogP contribution in [0.5, 0.6) is 5.75 Å². The van der Waals surface area contributed by atoms with Crippen molar-refractivity contribution in [1.29, 1.82) is 0 Å². The normalized spacial score (nSPS) is 10.3. The number of non-ortho nitro benzene ring substituents is 1. The fourth-order valence-corrected chi connectivity index (χ4v) is 2.11. The molecule has 0 aromatic heterocycles. The van der Waals surface area contributed by atoms with Crippen molar-refractivity contribution < 1.29 is 9.66 Å². The van der Waals surface area contributed by atoms with Crippen LogP contribution in [0, 0.1) is 10.1 Å². The maximum absolute atomic E-state index is 10.7. The molecular formula is C13H10Cl2N2O3. The van der Waals surface area contributed by atoms with E-state index in [-0.39, 0.29) is 12.3 Å². The highest BCUT2D eigenvalue weighted by molar-refractivity contribution is 6.34. The van der Waals surface area contributed by atoms with E-state index in [0.717, 1.165) is 0 Å². The number of ether oxygens (including phenoxy) is 1. The molecule has 2 N–H and O–H groups in total. The summed E-state index contributed by atoms with van der Waals surface area (Å²) in [5.74, 6) is 0.466. The topological polar surface area (TPSA) is 78.4 Å². The standard InChI is InChI=1S/C13H10Cl2N2O3/c14-9-4-10(15)6-12(5-9)20-7-8-3-11(17(18)19)1-2-13(8)16/h1-6H,7,16H2. The molecule has 0 amide bonds. The van der Waals surface area contributed by atoms with Crippen LogP contribution in [0.2, 0.25) is 10.0 Å². The summed E-state index contributed by atoms with van der Waals surface area (Å²) in [5.41, 5.74) is 6.66. The second-order valence-corrected chi connectivity index (χ2v) is 4.91. The van der Waals surface area contributed by atoms with E-state index in [9.17, 15) is 10.1 Å². The van der Waals surface area contributed by atoms with Crippen LogP contribution in [-0.2, 0) is 6.61 Å². The summed E-state index contributed by atoms with van der Waals surface area (Å²) in [7, 11) is 0. The Morgan fingerprint density at radius 2 is 1.80 bits per heavy atom. The lowest BCUT2D eigenvalue weighted by Crippen LogP contribution is -2.01. The second-order valence-electron chi connectivity index (χ2n) is 4.03. The van der Waals surface area contributed by atoms with E-state index in [1.54, 1.807) is 18.2 Å². The Hall–Kier alpha value is -1.98. The SMILES string of the molecule is Nc1ccc([N+](=O)[O-])cc1COc1cc(Cl)cc(Cl)c1. The van der Waals surface area contributed by atoms with Gasteiger partial charge in [0.1, 0.15) is 12.4 Å². The fraction of sp³-hybridized carbons (Fsp3) is 0.0769. The molecule has 0 radical (unpaired) electrons. The van der Waals surface area contributed by atoms with Crippen molar-refractivity contribution in [3.63, 3.8) is 0 Å². The van der Waals surface area contributed by atoms with Crippen LogP contribution in [0.4, 0.5) is 11.4 Å². The van der Waals surface area contributed by atoms with E-state index in [1.165, 1.54) is 18.2 Å². The fourth-order valence-electron chi connectivity index (χ4n) is 1.60. The summed E-state index contributed by atoms with van der Waals surface area (Å²) in [5, 5.41) is 11.6. The van der Waals surface area contributed by atoms with Gasteiger partial charge in [0.05, 0.1) is 4.92 Å². The second kappa shape index (κ2) is 5.98. The lowest BCUT2D eigenvalue weighted by Gasteiger charge is -2.09. The number of nitrogens with two attached hydrogens (primary N) is 1. The maximum Gasteiger partial charge on any atom is 0.269 e. The Morgan fingerprint density at radius 3 is 2.40 bits per heavy atom. The quantitative estimate of drug-likeness (QED) is 0.524. The zero-order chi connectivity index (χ0) is 14.7. The van der Waals surface area contributed by atoms with Gasteiger partial charge in [-0.15, -0.1) is 0 Å². The lowest BCUT2D eigenvalue weighted by molar-refractivity contribution is -0.384. The highest BCUT2D eigenvalue weighted by atomic mass is 35.5. The van der Waals surface area contributed by atoms with Crippen LogP contribution in [-0.4, -0.2) is 4.92 Å². The molecule has 0 bridgehead atoms. The maximum atomic E-state index is 10.7. The van der Waals surface area contributed by atoms with Crippen LogP contribution >= 0.6 is 23.2 Å².